The molecule has 112 valence electrons. The molecule has 0 heterocycles. The number of benzene rings is 1. The monoisotopic (exact) mass is 282 g/mol. The van der Waals surface area contributed by atoms with E-state index in [1.807, 2.05) is 13.8 Å². The van der Waals surface area contributed by atoms with Gasteiger partial charge in [0.2, 0.25) is 5.91 Å². The number of amides is 1. The van der Waals surface area contributed by atoms with Crippen LogP contribution in [0.15, 0.2) is 18.2 Å². The first-order valence-corrected chi connectivity index (χ1v) is 6.74. The van der Waals surface area contributed by atoms with Gasteiger partial charge in [-0.05, 0) is 37.0 Å². The fourth-order valence-electron chi connectivity index (χ4n) is 1.97. The van der Waals surface area contributed by atoms with Crippen LogP contribution in [0.25, 0.3) is 0 Å². The highest BCUT2D eigenvalue weighted by atomic mass is 19.1. The number of nitrogens with one attached hydrogen (secondary N) is 1. The average Bonchev–Trinajstić information content (AvgIpc) is 2.37. The number of methoxy groups -OCH3 is 1. The van der Waals surface area contributed by atoms with Crippen LogP contribution < -0.4 is 15.8 Å². The summed E-state index contributed by atoms with van der Waals surface area (Å²) < 4.78 is 18.5. The molecule has 0 fully saturated rings. The highest BCUT2D eigenvalue weighted by Crippen LogP contribution is 2.21. The first-order valence-electron chi connectivity index (χ1n) is 6.74. The maximum absolute atomic E-state index is 13.6. The van der Waals surface area contributed by atoms with Gasteiger partial charge in [-0.15, -0.1) is 0 Å². The normalized spacial score (nSPS) is 13.9. The van der Waals surface area contributed by atoms with Gasteiger partial charge in [0.15, 0.2) is 11.6 Å². The van der Waals surface area contributed by atoms with Crippen molar-refractivity contribution in [2.45, 2.75) is 39.3 Å². The predicted molar refractivity (Wildman–Crippen MR) is 76.9 cm³/mol. The Bertz CT molecular complexity index is 463. The Morgan fingerprint density at radius 1 is 1.40 bits per heavy atom. The second-order valence-corrected chi connectivity index (χ2v) is 5.36. The second-order valence-electron chi connectivity index (χ2n) is 5.36. The molecule has 2 atom stereocenters. The van der Waals surface area contributed by atoms with E-state index in [4.69, 9.17) is 10.5 Å². The molecule has 0 spiro atoms. The molecule has 3 N–H and O–H groups in total. The van der Waals surface area contributed by atoms with Crippen LogP contribution >= 0.6 is 0 Å². The zero-order valence-electron chi connectivity index (χ0n) is 12.4. The number of halogens is 1. The average molecular weight is 282 g/mol. The van der Waals surface area contributed by atoms with Gasteiger partial charge in [0, 0.05) is 0 Å². The Morgan fingerprint density at radius 2 is 2.05 bits per heavy atom. The van der Waals surface area contributed by atoms with Crippen LogP contribution in [-0.4, -0.2) is 19.1 Å². The van der Waals surface area contributed by atoms with Gasteiger partial charge in [-0.2, -0.15) is 0 Å². The highest BCUT2D eigenvalue weighted by molar-refractivity contribution is 5.81. The fraction of sp³-hybridized carbons (Fsp3) is 0.533. The first-order chi connectivity index (χ1) is 9.35. The molecule has 0 saturated carbocycles. The van der Waals surface area contributed by atoms with Crippen LogP contribution in [0, 0.1) is 11.7 Å². The van der Waals surface area contributed by atoms with Crippen molar-refractivity contribution in [3.63, 3.8) is 0 Å². The van der Waals surface area contributed by atoms with Gasteiger partial charge in [-0.25, -0.2) is 4.39 Å². The smallest absolute Gasteiger partial charge is 0.237 e. The third kappa shape index (κ3) is 4.49. The summed E-state index contributed by atoms with van der Waals surface area (Å²) in [5.74, 6) is -0.131. The second kappa shape index (κ2) is 7.24. The van der Waals surface area contributed by atoms with Crippen molar-refractivity contribution < 1.29 is 13.9 Å². The SMILES string of the molecule is COc1ccc(C(C)NC(=O)C(N)CC(C)C)cc1F. The summed E-state index contributed by atoms with van der Waals surface area (Å²) in [6, 6.07) is 3.78. The molecular formula is C15H23FN2O2. The minimum absolute atomic E-state index is 0.184. The van der Waals surface area contributed by atoms with Crippen molar-refractivity contribution in [3.05, 3.63) is 29.6 Å². The van der Waals surface area contributed by atoms with E-state index < -0.39 is 11.9 Å². The maximum atomic E-state index is 13.6. The third-order valence-electron chi connectivity index (χ3n) is 3.10. The minimum Gasteiger partial charge on any atom is -0.494 e. The summed E-state index contributed by atoms with van der Waals surface area (Å²) in [6.07, 6.45) is 0.621. The molecule has 1 aromatic carbocycles. The number of carbonyl (C=O) groups excluding carboxylic acids is 1. The lowest BCUT2D eigenvalue weighted by molar-refractivity contribution is -0.123. The molecule has 0 bridgehead atoms. The Hall–Kier alpha value is -1.62. The molecule has 1 amide bonds. The summed E-state index contributed by atoms with van der Waals surface area (Å²) in [4.78, 5) is 11.9. The van der Waals surface area contributed by atoms with Crippen LogP contribution in [-0.2, 0) is 4.79 Å². The lowest BCUT2D eigenvalue weighted by Gasteiger charge is -2.19. The lowest BCUT2D eigenvalue weighted by Crippen LogP contribution is -2.42. The van der Waals surface area contributed by atoms with E-state index in [-0.39, 0.29) is 17.7 Å². The highest BCUT2D eigenvalue weighted by Gasteiger charge is 2.18. The summed E-state index contributed by atoms with van der Waals surface area (Å²) in [5.41, 5.74) is 6.49. The van der Waals surface area contributed by atoms with E-state index in [0.29, 0.717) is 17.9 Å². The molecule has 0 aliphatic rings. The van der Waals surface area contributed by atoms with Crippen LogP contribution in [0.1, 0.15) is 38.8 Å². The van der Waals surface area contributed by atoms with Crippen molar-refractivity contribution >= 4 is 5.91 Å². The molecule has 0 aromatic heterocycles. The van der Waals surface area contributed by atoms with Gasteiger partial charge in [0.1, 0.15) is 0 Å². The molecule has 0 radical (unpaired) electrons. The molecule has 0 aliphatic carbocycles. The lowest BCUT2D eigenvalue weighted by atomic mass is 10.0. The Labute approximate surface area is 119 Å². The number of ether oxygens (including phenoxy) is 1. The molecule has 4 nitrogen and oxygen atoms in total. The number of hydrogen-bond acceptors (Lipinski definition) is 3. The number of carbonyl (C=O) groups is 1. The standard InChI is InChI=1S/C15H23FN2O2/c1-9(2)7-13(17)15(19)18-10(3)11-5-6-14(20-4)12(16)8-11/h5-6,8-10,13H,7,17H2,1-4H3,(H,18,19). The molecule has 5 heteroatoms. The van der Waals surface area contributed by atoms with Gasteiger partial charge >= 0.3 is 0 Å². The van der Waals surface area contributed by atoms with Gasteiger partial charge in [0.25, 0.3) is 0 Å². The van der Waals surface area contributed by atoms with Crippen molar-refractivity contribution in [1.29, 1.82) is 0 Å². The van der Waals surface area contributed by atoms with E-state index in [1.54, 1.807) is 19.1 Å². The largest absolute Gasteiger partial charge is 0.494 e. The molecular weight excluding hydrogens is 259 g/mol. The maximum Gasteiger partial charge on any atom is 0.237 e. The van der Waals surface area contributed by atoms with E-state index in [2.05, 4.69) is 5.32 Å². The van der Waals surface area contributed by atoms with Crippen LogP contribution in [0.2, 0.25) is 0 Å². The summed E-state index contributed by atoms with van der Waals surface area (Å²) in [5, 5.41) is 2.79. The Morgan fingerprint density at radius 3 is 2.55 bits per heavy atom. The van der Waals surface area contributed by atoms with E-state index in [1.165, 1.54) is 13.2 Å². The van der Waals surface area contributed by atoms with Crippen molar-refractivity contribution in [3.8, 4) is 5.75 Å². The minimum atomic E-state index is -0.541. The summed E-state index contributed by atoms with van der Waals surface area (Å²) in [6.45, 7) is 5.81. The fourth-order valence-corrected chi connectivity index (χ4v) is 1.97. The first kappa shape index (κ1) is 16.4. The van der Waals surface area contributed by atoms with Crippen molar-refractivity contribution in [1.82, 2.24) is 5.32 Å². The topological polar surface area (TPSA) is 64.3 Å². The molecule has 0 saturated heterocycles. The quantitative estimate of drug-likeness (QED) is 0.842. The van der Waals surface area contributed by atoms with E-state index >= 15 is 0 Å². The van der Waals surface area contributed by atoms with E-state index in [9.17, 15) is 9.18 Å². The van der Waals surface area contributed by atoms with Crippen LogP contribution in [0.5, 0.6) is 5.75 Å². The van der Waals surface area contributed by atoms with Gasteiger partial charge in [-0.1, -0.05) is 19.9 Å². The van der Waals surface area contributed by atoms with E-state index in [0.717, 1.165) is 0 Å². The zero-order chi connectivity index (χ0) is 15.3. The Kier molecular flexibility index (Phi) is 5.95. The van der Waals surface area contributed by atoms with Gasteiger partial charge < -0.3 is 15.8 Å². The third-order valence-corrected chi connectivity index (χ3v) is 3.10. The van der Waals surface area contributed by atoms with Crippen LogP contribution in [0.3, 0.4) is 0 Å². The molecule has 2 unspecified atom stereocenters. The number of rotatable bonds is 6. The van der Waals surface area contributed by atoms with Crippen molar-refractivity contribution in [2.24, 2.45) is 11.7 Å². The molecule has 1 aromatic rings. The zero-order valence-corrected chi connectivity index (χ0v) is 12.4. The molecule has 0 aliphatic heterocycles. The number of nitrogens with two attached hydrogens (primary N) is 1. The van der Waals surface area contributed by atoms with Crippen molar-refractivity contribution in [2.75, 3.05) is 7.11 Å². The number of hydrogen-bond donors (Lipinski definition) is 2. The summed E-state index contributed by atoms with van der Waals surface area (Å²) in [7, 11) is 1.41. The Balaban J connectivity index is 2.68. The van der Waals surface area contributed by atoms with Gasteiger partial charge in [-0.3, -0.25) is 4.79 Å². The molecule has 1 rings (SSSR count). The van der Waals surface area contributed by atoms with Crippen LogP contribution in [0.4, 0.5) is 4.39 Å². The molecule has 20 heavy (non-hydrogen) atoms. The summed E-state index contributed by atoms with van der Waals surface area (Å²) >= 11 is 0. The van der Waals surface area contributed by atoms with Gasteiger partial charge in [0.05, 0.1) is 19.2 Å². The predicted octanol–water partition coefficient (Wildman–Crippen LogP) is 2.38.